The minimum Gasteiger partial charge on any atom is -0.445 e. The number of hydrogen-bond acceptors (Lipinski definition) is 4. The lowest BCUT2D eigenvalue weighted by molar-refractivity contribution is -0.123. The Kier molecular flexibility index (Phi) is 9.53. The SMILES string of the molecule is COCCCNC(=O)[C@H](CC(C)C)NC(=O)OCc1ccccc1. The Bertz CT molecular complexity index is 491. The third-order valence-corrected chi connectivity index (χ3v) is 3.35. The fraction of sp³-hybridized carbons (Fsp3) is 0.556. The van der Waals surface area contributed by atoms with Crippen molar-refractivity contribution in [1.29, 1.82) is 0 Å². The van der Waals surface area contributed by atoms with Crippen LogP contribution in [0.3, 0.4) is 0 Å². The van der Waals surface area contributed by atoms with Crippen LogP contribution in [0.5, 0.6) is 0 Å². The van der Waals surface area contributed by atoms with Gasteiger partial charge in [0, 0.05) is 20.3 Å². The van der Waals surface area contributed by atoms with Crippen LogP contribution in [0.15, 0.2) is 30.3 Å². The summed E-state index contributed by atoms with van der Waals surface area (Å²) >= 11 is 0. The molecule has 134 valence electrons. The average Bonchev–Trinajstić information content (AvgIpc) is 2.56. The average molecular weight is 336 g/mol. The molecule has 0 bridgehead atoms. The van der Waals surface area contributed by atoms with Crippen LogP contribution in [0.25, 0.3) is 0 Å². The van der Waals surface area contributed by atoms with E-state index < -0.39 is 12.1 Å². The summed E-state index contributed by atoms with van der Waals surface area (Å²) in [5.41, 5.74) is 0.900. The number of alkyl carbamates (subject to hydrolysis) is 1. The highest BCUT2D eigenvalue weighted by Crippen LogP contribution is 2.06. The topological polar surface area (TPSA) is 76.7 Å². The Morgan fingerprint density at radius 3 is 2.50 bits per heavy atom. The number of carbonyl (C=O) groups excluding carboxylic acids is 2. The van der Waals surface area contributed by atoms with E-state index in [-0.39, 0.29) is 18.4 Å². The van der Waals surface area contributed by atoms with Crippen molar-refractivity contribution in [3.63, 3.8) is 0 Å². The van der Waals surface area contributed by atoms with Gasteiger partial charge in [-0.15, -0.1) is 0 Å². The van der Waals surface area contributed by atoms with Gasteiger partial charge in [-0.2, -0.15) is 0 Å². The minimum atomic E-state index is -0.601. The highest BCUT2D eigenvalue weighted by Gasteiger charge is 2.22. The Morgan fingerprint density at radius 1 is 1.17 bits per heavy atom. The zero-order valence-electron chi connectivity index (χ0n) is 14.7. The first-order valence-corrected chi connectivity index (χ1v) is 8.26. The van der Waals surface area contributed by atoms with Crippen molar-refractivity contribution < 1.29 is 19.1 Å². The number of ether oxygens (including phenoxy) is 2. The standard InChI is InChI=1S/C18H28N2O4/c1-14(2)12-16(17(21)19-10-7-11-23-3)20-18(22)24-13-15-8-5-4-6-9-15/h4-6,8-9,14,16H,7,10-13H2,1-3H3,(H,19,21)(H,20,22)/t16-/m0/s1. The van der Waals surface area contributed by atoms with Crippen molar-refractivity contribution in [2.45, 2.75) is 39.3 Å². The van der Waals surface area contributed by atoms with Crippen LogP contribution in [0.4, 0.5) is 4.79 Å². The molecule has 0 radical (unpaired) electrons. The maximum absolute atomic E-state index is 12.2. The molecule has 2 amide bonds. The van der Waals surface area contributed by atoms with Gasteiger partial charge >= 0.3 is 6.09 Å². The number of methoxy groups -OCH3 is 1. The Labute approximate surface area is 143 Å². The summed E-state index contributed by atoms with van der Waals surface area (Å²) in [5, 5.41) is 5.47. The molecule has 0 aliphatic carbocycles. The number of nitrogens with one attached hydrogen (secondary N) is 2. The fourth-order valence-corrected chi connectivity index (χ4v) is 2.16. The molecular formula is C18H28N2O4. The summed E-state index contributed by atoms with van der Waals surface area (Å²) in [4.78, 5) is 24.2. The first kappa shape index (κ1) is 20.0. The van der Waals surface area contributed by atoms with Gasteiger partial charge in [0.1, 0.15) is 12.6 Å². The van der Waals surface area contributed by atoms with Gasteiger partial charge in [-0.1, -0.05) is 44.2 Å². The quantitative estimate of drug-likeness (QED) is 0.644. The molecule has 0 aliphatic rings. The molecule has 0 heterocycles. The number of hydrogen-bond donors (Lipinski definition) is 2. The highest BCUT2D eigenvalue weighted by atomic mass is 16.5. The molecule has 24 heavy (non-hydrogen) atoms. The van der Waals surface area contributed by atoms with E-state index in [4.69, 9.17) is 9.47 Å². The van der Waals surface area contributed by atoms with Crippen LogP contribution in [-0.4, -0.2) is 38.3 Å². The minimum absolute atomic E-state index is 0.177. The third kappa shape index (κ3) is 8.53. The first-order chi connectivity index (χ1) is 11.5. The molecule has 0 fully saturated rings. The second kappa shape index (κ2) is 11.5. The smallest absolute Gasteiger partial charge is 0.408 e. The largest absolute Gasteiger partial charge is 0.445 e. The second-order valence-electron chi connectivity index (χ2n) is 6.03. The molecule has 1 rings (SSSR count). The lowest BCUT2D eigenvalue weighted by Crippen LogP contribution is -2.47. The molecule has 1 aromatic rings. The normalized spacial score (nSPS) is 11.8. The van der Waals surface area contributed by atoms with Crippen molar-refractivity contribution in [3.05, 3.63) is 35.9 Å². The van der Waals surface area contributed by atoms with Crippen LogP contribution in [-0.2, 0) is 20.9 Å². The maximum atomic E-state index is 12.2. The Morgan fingerprint density at radius 2 is 1.88 bits per heavy atom. The van der Waals surface area contributed by atoms with E-state index in [0.717, 1.165) is 12.0 Å². The molecule has 0 spiro atoms. The first-order valence-electron chi connectivity index (χ1n) is 8.26. The molecule has 0 saturated heterocycles. The van der Waals surface area contributed by atoms with Crippen LogP contribution in [0.1, 0.15) is 32.3 Å². The molecule has 0 aromatic heterocycles. The van der Waals surface area contributed by atoms with Gasteiger partial charge in [0.15, 0.2) is 0 Å². The molecule has 6 nitrogen and oxygen atoms in total. The van der Waals surface area contributed by atoms with Crippen molar-refractivity contribution >= 4 is 12.0 Å². The Balaban J connectivity index is 2.45. The van der Waals surface area contributed by atoms with Crippen molar-refractivity contribution in [2.75, 3.05) is 20.3 Å². The summed E-state index contributed by atoms with van der Waals surface area (Å²) in [6, 6.07) is 8.81. The molecule has 1 atom stereocenters. The van der Waals surface area contributed by atoms with E-state index in [2.05, 4.69) is 10.6 Å². The van der Waals surface area contributed by atoms with Gasteiger partial charge in [-0.25, -0.2) is 4.79 Å². The monoisotopic (exact) mass is 336 g/mol. The van der Waals surface area contributed by atoms with Crippen molar-refractivity contribution in [2.24, 2.45) is 5.92 Å². The van der Waals surface area contributed by atoms with E-state index in [1.54, 1.807) is 7.11 Å². The number of amides is 2. The predicted molar refractivity (Wildman–Crippen MR) is 92.5 cm³/mol. The molecule has 0 unspecified atom stereocenters. The summed E-state index contributed by atoms with van der Waals surface area (Å²) in [7, 11) is 1.62. The lowest BCUT2D eigenvalue weighted by Gasteiger charge is -2.20. The van der Waals surface area contributed by atoms with E-state index >= 15 is 0 Å². The van der Waals surface area contributed by atoms with Gasteiger partial charge < -0.3 is 20.1 Å². The Hall–Kier alpha value is -2.08. The fourth-order valence-electron chi connectivity index (χ4n) is 2.16. The zero-order valence-corrected chi connectivity index (χ0v) is 14.7. The maximum Gasteiger partial charge on any atom is 0.408 e. The lowest BCUT2D eigenvalue weighted by atomic mass is 10.0. The number of rotatable bonds is 10. The van der Waals surface area contributed by atoms with E-state index in [1.807, 2.05) is 44.2 Å². The van der Waals surface area contributed by atoms with Gasteiger partial charge in [-0.05, 0) is 24.3 Å². The van der Waals surface area contributed by atoms with Crippen molar-refractivity contribution in [3.8, 4) is 0 Å². The van der Waals surface area contributed by atoms with Crippen molar-refractivity contribution in [1.82, 2.24) is 10.6 Å². The summed E-state index contributed by atoms with van der Waals surface area (Å²) in [6.45, 7) is 5.28. The highest BCUT2D eigenvalue weighted by molar-refractivity contribution is 5.85. The number of benzene rings is 1. The molecule has 0 aliphatic heterocycles. The summed E-state index contributed by atoms with van der Waals surface area (Å²) in [5.74, 6) is 0.0746. The summed E-state index contributed by atoms with van der Waals surface area (Å²) in [6.07, 6.45) is 0.697. The molecule has 1 aromatic carbocycles. The zero-order chi connectivity index (χ0) is 17.8. The predicted octanol–water partition coefficient (Wildman–Crippen LogP) is 2.48. The van der Waals surface area contributed by atoms with Crippen LogP contribution in [0, 0.1) is 5.92 Å². The van der Waals surface area contributed by atoms with E-state index in [1.165, 1.54) is 0 Å². The molecule has 6 heteroatoms. The third-order valence-electron chi connectivity index (χ3n) is 3.35. The van der Waals surface area contributed by atoms with Crippen LogP contribution < -0.4 is 10.6 Å². The molecular weight excluding hydrogens is 308 g/mol. The van der Waals surface area contributed by atoms with Gasteiger partial charge in [-0.3, -0.25) is 4.79 Å². The van der Waals surface area contributed by atoms with Gasteiger partial charge in [0.2, 0.25) is 5.91 Å². The van der Waals surface area contributed by atoms with Crippen LogP contribution >= 0.6 is 0 Å². The van der Waals surface area contributed by atoms with Gasteiger partial charge in [0.05, 0.1) is 0 Å². The van der Waals surface area contributed by atoms with E-state index in [9.17, 15) is 9.59 Å². The summed E-state index contributed by atoms with van der Waals surface area (Å²) < 4.78 is 10.1. The van der Waals surface area contributed by atoms with Crippen LogP contribution in [0.2, 0.25) is 0 Å². The van der Waals surface area contributed by atoms with E-state index in [0.29, 0.717) is 19.6 Å². The molecule has 0 saturated carbocycles. The number of carbonyl (C=O) groups is 2. The molecule has 2 N–H and O–H groups in total. The van der Waals surface area contributed by atoms with Gasteiger partial charge in [0.25, 0.3) is 0 Å². The second-order valence-corrected chi connectivity index (χ2v) is 6.03.